The number of benzene rings is 1. The maximum Gasteiger partial charge on any atom is 0.161 e. The number of ether oxygens (including phenoxy) is 2. The Labute approximate surface area is 128 Å². The van der Waals surface area contributed by atoms with Crippen molar-refractivity contribution in [3.8, 4) is 11.5 Å². The van der Waals surface area contributed by atoms with Crippen molar-refractivity contribution in [2.45, 2.75) is 38.8 Å². The Balaban J connectivity index is 2.04. The highest BCUT2D eigenvalue weighted by Gasteiger charge is 2.24. The molecule has 3 atom stereocenters. The van der Waals surface area contributed by atoms with Gasteiger partial charge in [0.2, 0.25) is 0 Å². The Morgan fingerprint density at radius 3 is 2.57 bits per heavy atom. The summed E-state index contributed by atoms with van der Waals surface area (Å²) in [6, 6.07) is 6.56. The van der Waals surface area contributed by atoms with Gasteiger partial charge in [-0.15, -0.1) is 0 Å². The van der Waals surface area contributed by atoms with Gasteiger partial charge in [0.05, 0.1) is 14.2 Å². The van der Waals surface area contributed by atoms with Gasteiger partial charge in [-0.25, -0.2) is 0 Å². The molecular weight excluding hydrogens is 264 g/mol. The van der Waals surface area contributed by atoms with Crippen LogP contribution in [0.3, 0.4) is 0 Å². The van der Waals surface area contributed by atoms with Gasteiger partial charge in [0, 0.05) is 18.6 Å². The van der Waals surface area contributed by atoms with Crippen LogP contribution in [0.1, 0.15) is 38.3 Å². The monoisotopic (exact) mass is 292 g/mol. The summed E-state index contributed by atoms with van der Waals surface area (Å²) in [7, 11) is 3.30. The van der Waals surface area contributed by atoms with Crippen LogP contribution in [0, 0.1) is 5.92 Å². The molecule has 0 bridgehead atoms. The van der Waals surface area contributed by atoms with Gasteiger partial charge in [-0.05, 0) is 49.9 Å². The highest BCUT2D eigenvalue weighted by Crippen LogP contribution is 2.30. The summed E-state index contributed by atoms with van der Waals surface area (Å²) < 4.78 is 10.6. The lowest BCUT2D eigenvalue weighted by atomic mass is 9.92. The Bertz CT molecular complexity index is 464. The van der Waals surface area contributed by atoms with Crippen molar-refractivity contribution in [2.75, 3.05) is 27.3 Å². The predicted molar refractivity (Wildman–Crippen MR) is 85.9 cm³/mol. The van der Waals surface area contributed by atoms with E-state index < -0.39 is 0 Å². The standard InChI is InChI=1S/C17H28N2O2/c1-12-7-8-19(13(2)9-12)11-15(18)14-5-6-16(20-3)17(10-14)21-4/h5-6,10,12-13,15H,7-9,11,18H2,1-4H3. The van der Waals surface area contributed by atoms with Gasteiger partial charge in [-0.1, -0.05) is 13.0 Å². The van der Waals surface area contributed by atoms with E-state index in [4.69, 9.17) is 15.2 Å². The normalized spacial score (nSPS) is 24.6. The number of piperidine rings is 1. The molecule has 21 heavy (non-hydrogen) atoms. The third-order valence-electron chi connectivity index (χ3n) is 4.54. The lowest BCUT2D eigenvalue weighted by Gasteiger charge is -2.38. The molecule has 3 unspecified atom stereocenters. The molecule has 1 aliphatic heterocycles. The lowest BCUT2D eigenvalue weighted by Crippen LogP contribution is -2.43. The average molecular weight is 292 g/mol. The van der Waals surface area contributed by atoms with Crippen molar-refractivity contribution in [1.29, 1.82) is 0 Å². The van der Waals surface area contributed by atoms with E-state index in [1.807, 2.05) is 18.2 Å². The van der Waals surface area contributed by atoms with Gasteiger partial charge < -0.3 is 15.2 Å². The SMILES string of the molecule is COc1ccc(C(N)CN2CCC(C)CC2C)cc1OC. The first-order chi connectivity index (χ1) is 10.0. The van der Waals surface area contributed by atoms with Gasteiger partial charge in [-0.3, -0.25) is 4.90 Å². The van der Waals surface area contributed by atoms with E-state index in [0.29, 0.717) is 6.04 Å². The molecule has 1 aromatic carbocycles. The quantitative estimate of drug-likeness (QED) is 0.906. The van der Waals surface area contributed by atoms with Crippen LogP contribution in [0.25, 0.3) is 0 Å². The zero-order valence-electron chi connectivity index (χ0n) is 13.6. The number of likely N-dealkylation sites (tertiary alicyclic amines) is 1. The van der Waals surface area contributed by atoms with Crippen molar-refractivity contribution in [1.82, 2.24) is 4.90 Å². The van der Waals surface area contributed by atoms with E-state index in [1.54, 1.807) is 14.2 Å². The molecule has 4 nitrogen and oxygen atoms in total. The summed E-state index contributed by atoms with van der Waals surface area (Å²) >= 11 is 0. The van der Waals surface area contributed by atoms with Crippen molar-refractivity contribution < 1.29 is 9.47 Å². The van der Waals surface area contributed by atoms with E-state index in [0.717, 1.165) is 36.1 Å². The van der Waals surface area contributed by atoms with Gasteiger partial charge in [0.25, 0.3) is 0 Å². The van der Waals surface area contributed by atoms with Crippen molar-refractivity contribution in [2.24, 2.45) is 11.7 Å². The summed E-state index contributed by atoms with van der Waals surface area (Å²) in [6.45, 7) is 6.67. The number of methoxy groups -OCH3 is 2. The van der Waals surface area contributed by atoms with E-state index in [-0.39, 0.29) is 6.04 Å². The number of hydrogen-bond acceptors (Lipinski definition) is 4. The van der Waals surface area contributed by atoms with Crippen LogP contribution >= 0.6 is 0 Å². The largest absolute Gasteiger partial charge is 0.493 e. The Morgan fingerprint density at radius 1 is 1.24 bits per heavy atom. The number of nitrogens with zero attached hydrogens (tertiary/aromatic N) is 1. The van der Waals surface area contributed by atoms with Crippen LogP contribution < -0.4 is 15.2 Å². The molecule has 1 saturated heterocycles. The van der Waals surface area contributed by atoms with Crippen molar-refractivity contribution in [3.05, 3.63) is 23.8 Å². The fourth-order valence-corrected chi connectivity index (χ4v) is 3.17. The number of rotatable bonds is 5. The number of nitrogens with two attached hydrogens (primary N) is 1. The molecule has 0 saturated carbocycles. The Kier molecular flexibility index (Phi) is 5.48. The molecule has 1 fully saturated rings. The van der Waals surface area contributed by atoms with Crippen LogP contribution in [-0.4, -0.2) is 38.3 Å². The summed E-state index contributed by atoms with van der Waals surface area (Å²) in [5.41, 5.74) is 7.50. The average Bonchev–Trinajstić information content (AvgIpc) is 2.49. The minimum Gasteiger partial charge on any atom is -0.493 e. The second-order valence-corrected chi connectivity index (χ2v) is 6.19. The zero-order valence-corrected chi connectivity index (χ0v) is 13.6. The Hall–Kier alpha value is -1.26. The van der Waals surface area contributed by atoms with E-state index >= 15 is 0 Å². The molecule has 4 heteroatoms. The summed E-state index contributed by atoms with van der Waals surface area (Å²) in [4.78, 5) is 2.50. The highest BCUT2D eigenvalue weighted by atomic mass is 16.5. The summed E-state index contributed by atoms with van der Waals surface area (Å²) in [5.74, 6) is 2.31. The smallest absolute Gasteiger partial charge is 0.161 e. The molecule has 1 aromatic rings. The molecule has 2 rings (SSSR count). The van der Waals surface area contributed by atoms with Gasteiger partial charge in [-0.2, -0.15) is 0 Å². The minimum absolute atomic E-state index is 0.000613. The number of hydrogen-bond donors (Lipinski definition) is 1. The van der Waals surface area contributed by atoms with Crippen LogP contribution in [-0.2, 0) is 0 Å². The summed E-state index contributed by atoms with van der Waals surface area (Å²) in [6.07, 6.45) is 2.53. The molecular formula is C17H28N2O2. The maximum atomic E-state index is 6.40. The van der Waals surface area contributed by atoms with Gasteiger partial charge in [0.15, 0.2) is 11.5 Å². The lowest BCUT2D eigenvalue weighted by molar-refractivity contribution is 0.122. The van der Waals surface area contributed by atoms with E-state index in [9.17, 15) is 0 Å². The van der Waals surface area contributed by atoms with Crippen molar-refractivity contribution >= 4 is 0 Å². The van der Waals surface area contributed by atoms with Gasteiger partial charge in [0.1, 0.15) is 0 Å². The fraction of sp³-hybridized carbons (Fsp3) is 0.647. The topological polar surface area (TPSA) is 47.7 Å². The third kappa shape index (κ3) is 3.89. The molecule has 1 aliphatic rings. The van der Waals surface area contributed by atoms with Crippen LogP contribution in [0.5, 0.6) is 11.5 Å². The summed E-state index contributed by atoms with van der Waals surface area (Å²) in [5, 5.41) is 0. The van der Waals surface area contributed by atoms with E-state index in [1.165, 1.54) is 12.8 Å². The molecule has 0 aromatic heterocycles. The third-order valence-corrected chi connectivity index (χ3v) is 4.54. The van der Waals surface area contributed by atoms with Crippen LogP contribution in [0.15, 0.2) is 18.2 Å². The first-order valence-electron chi connectivity index (χ1n) is 7.76. The van der Waals surface area contributed by atoms with Crippen LogP contribution in [0.4, 0.5) is 0 Å². The molecule has 118 valence electrons. The first-order valence-corrected chi connectivity index (χ1v) is 7.76. The highest BCUT2D eigenvalue weighted by molar-refractivity contribution is 5.43. The minimum atomic E-state index is 0.000613. The second kappa shape index (κ2) is 7.14. The maximum absolute atomic E-state index is 6.40. The molecule has 0 aliphatic carbocycles. The molecule has 0 radical (unpaired) electrons. The van der Waals surface area contributed by atoms with Crippen LogP contribution in [0.2, 0.25) is 0 Å². The first kappa shape index (κ1) is 16.1. The molecule has 2 N–H and O–H groups in total. The Morgan fingerprint density at radius 2 is 1.95 bits per heavy atom. The zero-order chi connectivity index (χ0) is 15.4. The van der Waals surface area contributed by atoms with Crippen molar-refractivity contribution in [3.63, 3.8) is 0 Å². The van der Waals surface area contributed by atoms with E-state index in [2.05, 4.69) is 18.7 Å². The predicted octanol–water partition coefficient (Wildman–Crippen LogP) is 2.82. The fourth-order valence-electron chi connectivity index (χ4n) is 3.17. The molecule has 1 heterocycles. The van der Waals surface area contributed by atoms with Gasteiger partial charge >= 0.3 is 0 Å². The molecule has 0 spiro atoms. The molecule has 0 amide bonds. The second-order valence-electron chi connectivity index (χ2n) is 6.19.